The van der Waals surface area contributed by atoms with E-state index in [1.54, 1.807) is 14.0 Å². The molecule has 0 radical (unpaired) electrons. The number of piperazine rings is 1. The Morgan fingerprint density at radius 2 is 1.88 bits per heavy atom. The topological polar surface area (TPSA) is 48.8 Å². The van der Waals surface area contributed by atoms with E-state index in [4.69, 9.17) is 4.74 Å². The largest absolute Gasteiger partial charge is 0.495 e. The molecule has 1 aliphatic heterocycles. The summed E-state index contributed by atoms with van der Waals surface area (Å²) in [6.07, 6.45) is -0.553. The van der Waals surface area contributed by atoms with E-state index in [1.807, 2.05) is 36.4 Å². The van der Waals surface area contributed by atoms with E-state index >= 15 is 0 Å². The first-order valence-electron chi connectivity index (χ1n) is 8.73. The zero-order valence-electron chi connectivity index (χ0n) is 15.4. The van der Waals surface area contributed by atoms with Gasteiger partial charge in [-0.2, -0.15) is 0 Å². The van der Waals surface area contributed by atoms with Crippen LogP contribution in [0, 0.1) is 0 Å². The van der Waals surface area contributed by atoms with Gasteiger partial charge in [0, 0.05) is 19.6 Å². The molecular weight excluding hydrogens is 314 g/mol. The number of methoxy groups -OCH3 is 1. The number of rotatable bonds is 4. The van der Waals surface area contributed by atoms with Gasteiger partial charge < -0.3 is 19.6 Å². The minimum absolute atomic E-state index is 0.0740. The molecule has 1 atom stereocenters. The van der Waals surface area contributed by atoms with Crippen molar-refractivity contribution in [3.63, 3.8) is 0 Å². The summed E-state index contributed by atoms with van der Waals surface area (Å²) in [6.45, 7) is 8.83. The quantitative estimate of drug-likeness (QED) is 0.925. The smallest absolute Gasteiger partial charge is 0.142 e. The zero-order chi connectivity index (χ0) is 18.0. The first-order chi connectivity index (χ1) is 11.9. The predicted octanol–water partition coefficient (Wildman–Crippen LogP) is 3.25. The lowest BCUT2D eigenvalue weighted by Gasteiger charge is -2.49. The van der Waals surface area contributed by atoms with Gasteiger partial charge in [-0.25, -0.2) is 4.98 Å². The highest BCUT2D eigenvalue weighted by molar-refractivity contribution is 5.61. The van der Waals surface area contributed by atoms with Crippen molar-refractivity contribution < 1.29 is 9.84 Å². The minimum Gasteiger partial charge on any atom is -0.495 e. The molecule has 1 aromatic carbocycles. The summed E-state index contributed by atoms with van der Waals surface area (Å²) in [5, 5.41) is 9.79. The number of pyridine rings is 1. The predicted molar refractivity (Wildman–Crippen MR) is 102 cm³/mol. The van der Waals surface area contributed by atoms with E-state index in [9.17, 15) is 5.11 Å². The third-order valence-electron chi connectivity index (χ3n) is 4.79. The van der Waals surface area contributed by atoms with Gasteiger partial charge in [-0.15, -0.1) is 0 Å². The standard InChI is InChI=1S/C20H27N3O2/c1-15(24)16-8-7-11-19(21-16)22-12-13-23(20(2,3)14-22)17-9-5-6-10-18(17)25-4/h5-11,15,24H,12-14H2,1-4H3. The third-order valence-corrected chi connectivity index (χ3v) is 4.79. The molecule has 0 spiro atoms. The summed E-state index contributed by atoms with van der Waals surface area (Å²) in [4.78, 5) is 9.32. The molecule has 1 saturated heterocycles. The Labute approximate surface area is 149 Å². The molecular formula is C20H27N3O2. The van der Waals surface area contributed by atoms with Gasteiger partial charge in [-0.05, 0) is 45.0 Å². The average Bonchev–Trinajstić information content (AvgIpc) is 2.61. The molecule has 5 heteroatoms. The van der Waals surface area contributed by atoms with Gasteiger partial charge >= 0.3 is 0 Å². The fourth-order valence-corrected chi connectivity index (χ4v) is 3.50. The maximum absolute atomic E-state index is 9.79. The zero-order valence-corrected chi connectivity index (χ0v) is 15.4. The van der Waals surface area contributed by atoms with Crippen molar-refractivity contribution in [2.45, 2.75) is 32.4 Å². The number of ether oxygens (including phenoxy) is 1. The summed E-state index contributed by atoms with van der Waals surface area (Å²) in [7, 11) is 1.72. The maximum atomic E-state index is 9.79. The number of aliphatic hydroxyl groups is 1. The number of benzene rings is 1. The van der Waals surface area contributed by atoms with Gasteiger partial charge in [-0.1, -0.05) is 18.2 Å². The van der Waals surface area contributed by atoms with Crippen LogP contribution in [0.25, 0.3) is 0 Å². The van der Waals surface area contributed by atoms with Crippen LogP contribution in [0.15, 0.2) is 42.5 Å². The Morgan fingerprint density at radius 3 is 2.56 bits per heavy atom. The fourth-order valence-electron chi connectivity index (χ4n) is 3.50. The molecule has 1 unspecified atom stereocenters. The van der Waals surface area contributed by atoms with E-state index in [0.29, 0.717) is 5.69 Å². The minimum atomic E-state index is -0.553. The lowest BCUT2D eigenvalue weighted by atomic mass is 9.97. The summed E-state index contributed by atoms with van der Waals surface area (Å²) >= 11 is 0. The van der Waals surface area contributed by atoms with Crippen molar-refractivity contribution in [2.24, 2.45) is 0 Å². The van der Waals surface area contributed by atoms with Crippen LogP contribution in [0.5, 0.6) is 5.75 Å². The summed E-state index contributed by atoms with van der Waals surface area (Å²) in [6, 6.07) is 14.0. The molecule has 2 aromatic rings. The second-order valence-electron chi connectivity index (χ2n) is 7.15. The van der Waals surface area contributed by atoms with E-state index in [0.717, 1.165) is 36.9 Å². The molecule has 0 aliphatic carbocycles. The van der Waals surface area contributed by atoms with Crippen molar-refractivity contribution >= 4 is 11.5 Å². The van der Waals surface area contributed by atoms with Gasteiger partial charge in [0.2, 0.25) is 0 Å². The van der Waals surface area contributed by atoms with Crippen LogP contribution >= 0.6 is 0 Å². The van der Waals surface area contributed by atoms with Crippen molar-refractivity contribution in [1.82, 2.24) is 4.98 Å². The highest BCUT2D eigenvalue weighted by atomic mass is 16.5. The number of anilines is 2. The van der Waals surface area contributed by atoms with Gasteiger partial charge in [0.1, 0.15) is 11.6 Å². The Kier molecular flexibility index (Phi) is 4.86. The summed E-state index contributed by atoms with van der Waals surface area (Å²) in [5.41, 5.74) is 1.76. The van der Waals surface area contributed by atoms with Crippen LogP contribution in [-0.2, 0) is 0 Å². The van der Waals surface area contributed by atoms with Crippen LogP contribution in [0.3, 0.4) is 0 Å². The van der Waals surface area contributed by atoms with Crippen LogP contribution in [-0.4, -0.2) is 42.4 Å². The van der Waals surface area contributed by atoms with Gasteiger partial charge in [0.25, 0.3) is 0 Å². The van der Waals surface area contributed by atoms with E-state index in [2.05, 4.69) is 34.7 Å². The molecule has 0 bridgehead atoms. The molecule has 25 heavy (non-hydrogen) atoms. The average molecular weight is 341 g/mol. The van der Waals surface area contributed by atoms with E-state index < -0.39 is 6.10 Å². The molecule has 1 aliphatic rings. The van der Waals surface area contributed by atoms with Crippen LogP contribution in [0.2, 0.25) is 0 Å². The molecule has 1 fully saturated rings. The van der Waals surface area contributed by atoms with E-state index in [1.165, 1.54) is 0 Å². The maximum Gasteiger partial charge on any atom is 0.142 e. The molecule has 0 amide bonds. The Morgan fingerprint density at radius 1 is 1.12 bits per heavy atom. The number of aliphatic hydroxyl groups excluding tert-OH is 1. The lowest BCUT2D eigenvalue weighted by molar-refractivity contribution is 0.194. The summed E-state index contributed by atoms with van der Waals surface area (Å²) in [5.74, 6) is 1.82. The first-order valence-corrected chi connectivity index (χ1v) is 8.73. The van der Waals surface area contributed by atoms with E-state index in [-0.39, 0.29) is 5.54 Å². The molecule has 3 rings (SSSR count). The molecule has 0 saturated carbocycles. The summed E-state index contributed by atoms with van der Waals surface area (Å²) < 4.78 is 5.55. The Balaban J connectivity index is 1.84. The van der Waals surface area contributed by atoms with Gasteiger partial charge in [0.05, 0.1) is 30.1 Å². The highest BCUT2D eigenvalue weighted by Crippen LogP contribution is 2.35. The molecule has 134 valence electrons. The third kappa shape index (κ3) is 3.56. The van der Waals surface area contributed by atoms with Crippen LogP contribution < -0.4 is 14.5 Å². The lowest BCUT2D eigenvalue weighted by Crippen LogP contribution is -2.60. The second-order valence-corrected chi connectivity index (χ2v) is 7.15. The Hall–Kier alpha value is -2.27. The number of nitrogens with zero attached hydrogens (tertiary/aromatic N) is 3. The molecule has 2 heterocycles. The fraction of sp³-hybridized carbons (Fsp3) is 0.450. The van der Waals surface area contributed by atoms with Crippen molar-refractivity contribution in [2.75, 3.05) is 36.5 Å². The second kappa shape index (κ2) is 6.92. The van der Waals surface area contributed by atoms with Gasteiger partial charge in [-0.3, -0.25) is 0 Å². The van der Waals surface area contributed by atoms with Gasteiger partial charge in [0.15, 0.2) is 0 Å². The highest BCUT2D eigenvalue weighted by Gasteiger charge is 2.35. The number of hydrogen-bond donors (Lipinski definition) is 1. The van der Waals surface area contributed by atoms with Crippen LogP contribution in [0.1, 0.15) is 32.6 Å². The Bertz CT molecular complexity index is 730. The molecule has 1 N–H and O–H groups in total. The number of hydrogen-bond acceptors (Lipinski definition) is 5. The number of aromatic nitrogens is 1. The molecule has 5 nitrogen and oxygen atoms in total. The normalized spacial score (nSPS) is 18.1. The van der Waals surface area contributed by atoms with Crippen LogP contribution in [0.4, 0.5) is 11.5 Å². The number of para-hydroxylation sites is 2. The van der Waals surface area contributed by atoms with Crippen molar-refractivity contribution in [3.05, 3.63) is 48.2 Å². The molecule has 1 aromatic heterocycles. The first kappa shape index (κ1) is 17.5. The monoisotopic (exact) mass is 341 g/mol. The SMILES string of the molecule is COc1ccccc1N1CCN(c2cccc(C(C)O)n2)CC1(C)C. The van der Waals surface area contributed by atoms with Crippen molar-refractivity contribution in [3.8, 4) is 5.75 Å². The van der Waals surface area contributed by atoms with Crippen molar-refractivity contribution in [1.29, 1.82) is 0 Å².